The summed E-state index contributed by atoms with van der Waals surface area (Å²) in [5.74, 6) is 0.868. The largest absolute Gasteiger partial charge is 0.378 e. The van der Waals surface area contributed by atoms with Gasteiger partial charge < -0.3 is 20.1 Å². The molecule has 7 nitrogen and oxygen atoms in total. The average Bonchev–Trinajstić information content (AvgIpc) is 2.63. The minimum atomic E-state index is -2.97. The van der Waals surface area contributed by atoms with E-state index in [9.17, 15) is 8.42 Å². The lowest BCUT2D eigenvalue weighted by Crippen LogP contribution is -2.66. The minimum Gasteiger partial charge on any atom is -0.378 e. The molecular formula is C19H37N3O4S. The lowest BCUT2D eigenvalue weighted by molar-refractivity contribution is -0.145. The standard InChI is InChI=1S/C19H37N3O4S/c1-4-20-18(21-11-12-25-13-14-27(3,23)24)22-16-15-17(26-5-2)19(16)9-7-6-8-10-19/h16-17H,4-15H2,1-3H3,(H2,20,21,22). The molecule has 2 N–H and O–H groups in total. The summed E-state index contributed by atoms with van der Waals surface area (Å²) in [5, 5.41) is 6.94. The van der Waals surface area contributed by atoms with Gasteiger partial charge in [-0.15, -0.1) is 0 Å². The van der Waals surface area contributed by atoms with Crippen molar-refractivity contribution in [2.45, 2.75) is 64.5 Å². The Morgan fingerprint density at radius 3 is 2.56 bits per heavy atom. The topological polar surface area (TPSA) is 89.0 Å². The normalized spacial score (nSPS) is 25.2. The van der Waals surface area contributed by atoms with Crippen LogP contribution in [0.3, 0.4) is 0 Å². The highest BCUT2D eigenvalue weighted by Crippen LogP contribution is 2.53. The van der Waals surface area contributed by atoms with E-state index in [1.807, 2.05) is 0 Å². The monoisotopic (exact) mass is 403 g/mol. The first-order chi connectivity index (χ1) is 12.9. The van der Waals surface area contributed by atoms with Crippen molar-refractivity contribution in [3.63, 3.8) is 0 Å². The first-order valence-corrected chi connectivity index (χ1v) is 12.4. The average molecular weight is 404 g/mol. The van der Waals surface area contributed by atoms with Gasteiger partial charge in [0.2, 0.25) is 0 Å². The molecule has 2 unspecified atom stereocenters. The van der Waals surface area contributed by atoms with Gasteiger partial charge in [-0.25, -0.2) is 8.42 Å². The van der Waals surface area contributed by atoms with E-state index in [2.05, 4.69) is 29.5 Å². The van der Waals surface area contributed by atoms with Gasteiger partial charge in [-0.1, -0.05) is 19.3 Å². The molecule has 0 aromatic rings. The number of sulfone groups is 1. The zero-order valence-corrected chi connectivity index (χ0v) is 17.9. The Morgan fingerprint density at radius 2 is 1.93 bits per heavy atom. The Balaban J connectivity index is 1.85. The van der Waals surface area contributed by atoms with Crippen molar-refractivity contribution < 1.29 is 17.9 Å². The molecule has 27 heavy (non-hydrogen) atoms. The van der Waals surface area contributed by atoms with Gasteiger partial charge in [-0.05, 0) is 33.1 Å². The van der Waals surface area contributed by atoms with Crippen LogP contribution in [-0.2, 0) is 19.3 Å². The Kier molecular flexibility index (Phi) is 8.82. The highest BCUT2D eigenvalue weighted by molar-refractivity contribution is 7.90. The molecule has 0 aromatic carbocycles. The summed E-state index contributed by atoms with van der Waals surface area (Å²) in [6.07, 6.45) is 8.95. The van der Waals surface area contributed by atoms with Crippen molar-refractivity contribution >= 4 is 15.8 Å². The highest BCUT2D eigenvalue weighted by atomic mass is 32.2. The van der Waals surface area contributed by atoms with Crippen LogP contribution in [0.1, 0.15) is 52.4 Å². The molecule has 0 heterocycles. The van der Waals surface area contributed by atoms with Crippen molar-refractivity contribution in [3.05, 3.63) is 0 Å². The molecule has 0 bridgehead atoms. The molecule has 2 rings (SSSR count). The smallest absolute Gasteiger partial charge is 0.191 e. The van der Waals surface area contributed by atoms with Crippen molar-refractivity contribution in [3.8, 4) is 0 Å². The quantitative estimate of drug-likeness (QED) is 0.328. The molecule has 2 atom stereocenters. The summed E-state index contributed by atoms with van der Waals surface area (Å²) in [7, 11) is -2.97. The number of guanidine groups is 1. The van der Waals surface area contributed by atoms with Crippen molar-refractivity contribution in [1.29, 1.82) is 0 Å². The summed E-state index contributed by atoms with van der Waals surface area (Å²) < 4.78 is 33.6. The van der Waals surface area contributed by atoms with Crippen LogP contribution in [0.4, 0.5) is 0 Å². The van der Waals surface area contributed by atoms with Crippen LogP contribution in [0.25, 0.3) is 0 Å². The van der Waals surface area contributed by atoms with Crippen LogP contribution in [0, 0.1) is 5.41 Å². The van der Waals surface area contributed by atoms with Gasteiger partial charge in [0.25, 0.3) is 0 Å². The fraction of sp³-hybridized carbons (Fsp3) is 0.947. The summed E-state index contributed by atoms with van der Waals surface area (Å²) in [6, 6.07) is 0.401. The zero-order chi connectivity index (χ0) is 19.8. The van der Waals surface area contributed by atoms with Crippen LogP contribution in [0.15, 0.2) is 4.99 Å². The van der Waals surface area contributed by atoms with Crippen molar-refractivity contribution in [1.82, 2.24) is 10.6 Å². The number of aliphatic imine (C=N–C) groups is 1. The number of hydrogen-bond donors (Lipinski definition) is 2. The lowest BCUT2D eigenvalue weighted by Gasteiger charge is -2.58. The number of nitrogens with zero attached hydrogens (tertiary/aromatic N) is 1. The SMILES string of the molecule is CCNC(=NCCOCCS(C)(=O)=O)NC1CC(OCC)C12CCCCC2. The van der Waals surface area contributed by atoms with Crippen LogP contribution in [0.2, 0.25) is 0 Å². The molecule has 8 heteroatoms. The van der Waals surface area contributed by atoms with Gasteiger partial charge in [0.05, 0.1) is 31.6 Å². The van der Waals surface area contributed by atoms with E-state index in [4.69, 9.17) is 9.47 Å². The molecule has 1 spiro atoms. The van der Waals surface area contributed by atoms with Crippen molar-refractivity contribution in [2.75, 3.05) is 44.9 Å². The summed E-state index contributed by atoms with van der Waals surface area (Å²) >= 11 is 0. The van der Waals surface area contributed by atoms with E-state index in [0.717, 1.165) is 25.5 Å². The van der Waals surface area contributed by atoms with Gasteiger partial charge in [0.1, 0.15) is 9.84 Å². The maximum absolute atomic E-state index is 11.1. The molecule has 158 valence electrons. The molecule has 2 fully saturated rings. The molecule has 2 aliphatic carbocycles. The fourth-order valence-electron chi connectivity index (χ4n) is 4.29. The Labute approximate surface area is 164 Å². The highest BCUT2D eigenvalue weighted by Gasteiger charge is 2.55. The van der Waals surface area contributed by atoms with Crippen LogP contribution in [0.5, 0.6) is 0 Å². The number of nitrogens with one attached hydrogen (secondary N) is 2. The first-order valence-electron chi connectivity index (χ1n) is 10.3. The second kappa shape index (κ2) is 10.6. The minimum absolute atomic E-state index is 0.0540. The third kappa shape index (κ3) is 6.61. The molecule has 0 amide bonds. The van der Waals surface area contributed by atoms with E-state index in [1.54, 1.807) is 0 Å². The first kappa shape index (κ1) is 22.4. The third-order valence-electron chi connectivity index (χ3n) is 5.70. The Bertz CT molecular complexity index is 574. The number of hydrogen-bond acceptors (Lipinski definition) is 5. The van der Waals surface area contributed by atoms with Gasteiger partial charge in [0.15, 0.2) is 5.96 Å². The van der Waals surface area contributed by atoms with E-state index < -0.39 is 9.84 Å². The van der Waals surface area contributed by atoms with E-state index >= 15 is 0 Å². The summed E-state index contributed by atoms with van der Waals surface area (Å²) in [6.45, 7) is 6.86. The fourth-order valence-corrected chi connectivity index (χ4v) is 4.71. The second-order valence-corrected chi connectivity index (χ2v) is 9.93. The molecule has 0 saturated heterocycles. The third-order valence-corrected chi connectivity index (χ3v) is 6.60. The maximum Gasteiger partial charge on any atom is 0.191 e. The lowest BCUT2D eigenvalue weighted by atomic mass is 9.55. The molecular weight excluding hydrogens is 366 g/mol. The van der Waals surface area contributed by atoms with Crippen molar-refractivity contribution in [2.24, 2.45) is 10.4 Å². The summed E-state index contributed by atoms with van der Waals surface area (Å²) in [5.41, 5.74) is 0.246. The van der Waals surface area contributed by atoms with Crippen LogP contribution >= 0.6 is 0 Å². The van der Waals surface area contributed by atoms with E-state index in [1.165, 1.54) is 38.4 Å². The maximum atomic E-state index is 11.1. The predicted molar refractivity (Wildman–Crippen MR) is 109 cm³/mol. The summed E-state index contributed by atoms with van der Waals surface area (Å²) in [4.78, 5) is 4.60. The van der Waals surface area contributed by atoms with Gasteiger partial charge in [-0.3, -0.25) is 4.99 Å². The molecule has 0 aliphatic heterocycles. The van der Waals surface area contributed by atoms with E-state index in [-0.39, 0.29) is 17.8 Å². The second-order valence-electron chi connectivity index (χ2n) is 7.67. The van der Waals surface area contributed by atoms with Gasteiger partial charge >= 0.3 is 0 Å². The van der Waals surface area contributed by atoms with Gasteiger partial charge in [-0.2, -0.15) is 0 Å². The number of ether oxygens (including phenoxy) is 2. The number of rotatable bonds is 10. The van der Waals surface area contributed by atoms with Gasteiger partial charge in [0, 0.05) is 30.9 Å². The molecule has 2 aliphatic rings. The predicted octanol–water partition coefficient (Wildman–Crippen LogP) is 1.73. The molecule has 2 saturated carbocycles. The van der Waals surface area contributed by atoms with E-state index in [0.29, 0.717) is 25.3 Å². The molecule has 0 radical (unpaired) electrons. The van der Waals surface area contributed by atoms with Crippen LogP contribution in [-0.4, -0.2) is 71.4 Å². The van der Waals surface area contributed by atoms with Crippen LogP contribution < -0.4 is 10.6 Å². The molecule has 0 aromatic heterocycles. The zero-order valence-electron chi connectivity index (χ0n) is 17.1. The Hall–Kier alpha value is -0.860. The Morgan fingerprint density at radius 1 is 1.19 bits per heavy atom.